The van der Waals surface area contributed by atoms with E-state index in [0.29, 0.717) is 19.6 Å². The van der Waals surface area contributed by atoms with Gasteiger partial charge in [0.1, 0.15) is 5.75 Å². The van der Waals surface area contributed by atoms with Crippen molar-refractivity contribution in [1.29, 1.82) is 0 Å². The third-order valence-electron chi connectivity index (χ3n) is 4.78. The molecule has 1 heterocycles. The molecule has 0 N–H and O–H groups in total. The van der Waals surface area contributed by atoms with E-state index in [-0.39, 0.29) is 17.7 Å². The van der Waals surface area contributed by atoms with Gasteiger partial charge in [-0.15, -0.1) is 0 Å². The standard InChI is InChI=1S/C19H28N2O3/c1-13(2)18(22)20-9-6-10-21(12-11-20)19(23)16-7-8-17(24-5)15(4)14(16)3/h7-8,13H,6,9-12H2,1-5H3. The van der Waals surface area contributed by atoms with Crippen molar-refractivity contribution in [2.75, 3.05) is 33.3 Å². The molecule has 2 rings (SSSR count). The van der Waals surface area contributed by atoms with Crippen LogP contribution < -0.4 is 4.74 Å². The molecule has 0 unspecified atom stereocenters. The van der Waals surface area contributed by atoms with Crippen LogP contribution in [0.3, 0.4) is 0 Å². The van der Waals surface area contributed by atoms with E-state index >= 15 is 0 Å². The summed E-state index contributed by atoms with van der Waals surface area (Å²) in [6, 6.07) is 3.69. The van der Waals surface area contributed by atoms with Crippen molar-refractivity contribution in [3.05, 3.63) is 28.8 Å². The van der Waals surface area contributed by atoms with E-state index in [2.05, 4.69) is 0 Å². The topological polar surface area (TPSA) is 49.9 Å². The maximum Gasteiger partial charge on any atom is 0.254 e. The zero-order valence-electron chi connectivity index (χ0n) is 15.4. The first-order chi connectivity index (χ1) is 11.4. The van der Waals surface area contributed by atoms with E-state index in [1.165, 1.54) is 0 Å². The van der Waals surface area contributed by atoms with E-state index in [9.17, 15) is 9.59 Å². The van der Waals surface area contributed by atoms with Gasteiger partial charge in [-0.1, -0.05) is 13.8 Å². The monoisotopic (exact) mass is 332 g/mol. The Morgan fingerprint density at radius 3 is 2.25 bits per heavy atom. The Hall–Kier alpha value is -2.04. The molecule has 1 fully saturated rings. The molecular weight excluding hydrogens is 304 g/mol. The summed E-state index contributed by atoms with van der Waals surface area (Å²) in [6.07, 6.45) is 0.818. The molecule has 0 saturated carbocycles. The molecule has 0 spiro atoms. The minimum atomic E-state index is -0.00117. The number of rotatable bonds is 3. The highest BCUT2D eigenvalue weighted by Crippen LogP contribution is 2.25. The van der Waals surface area contributed by atoms with Crippen LogP contribution in [-0.2, 0) is 4.79 Å². The van der Waals surface area contributed by atoms with E-state index in [0.717, 1.165) is 35.4 Å². The highest BCUT2D eigenvalue weighted by atomic mass is 16.5. The highest BCUT2D eigenvalue weighted by Gasteiger charge is 2.25. The second-order valence-electron chi connectivity index (χ2n) is 6.69. The van der Waals surface area contributed by atoms with Crippen LogP contribution in [0.2, 0.25) is 0 Å². The predicted molar refractivity (Wildman–Crippen MR) is 94.4 cm³/mol. The van der Waals surface area contributed by atoms with Crippen molar-refractivity contribution in [2.45, 2.75) is 34.1 Å². The molecule has 24 heavy (non-hydrogen) atoms. The lowest BCUT2D eigenvalue weighted by molar-refractivity contribution is -0.134. The molecule has 0 radical (unpaired) electrons. The summed E-state index contributed by atoms with van der Waals surface area (Å²) in [7, 11) is 1.64. The first-order valence-electron chi connectivity index (χ1n) is 8.59. The summed E-state index contributed by atoms with van der Waals surface area (Å²) < 4.78 is 5.32. The third kappa shape index (κ3) is 3.71. The molecule has 0 aliphatic carbocycles. The number of hydrogen-bond acceptors (Lipinski definition) is 3. The molecule has 1 aliphatic rings. The fraction of sp³-hybridized carbons (Fsp3) is 0.579. The van der Waals surface area contributed by atoms with Crippen LogP contribution >= 0.6 is 0 Å². The summed E-state index contributed by atoms with van der Waals surface area (Å²) in [5, 5.41) is 0. The molecule has 5 heteroatoms. The van der Waals surface area contributed by atoms with Crippen LogP contribution in [-0.4, -0.2) is 54.9 Å². The Morgan fingerprint density at radius 2 is 1.62 bits per heavy atom. The van der Waals surface area contributed by atoms with Crippen LogP contribution in [0.1, 0.15) is 41.8 Å². The molecule has 0 aromatic heterocycles. The minimum Gasteiger partial charge on any atom is -0.496 e. The Balaban J connectivity index is 2.14. The van der Waals surface area contributed by atoms with Gasteiger partial charge in [0.25, 0.3) is 5.91 Å². The van der Waals surface area contributed by atoms with Gasteiger partial charge >= 0.3 is 0 Å². The second-order valence-corrected chi connectivity index (χ2v) is 6.69. The number of methoxy groups -OCH3 is 1. The van der Waals surface area contributed by atoms with Crippen LogP contribution in [0, 0.1) is 19.8 Å². The van der Waals surface area contributed by atoms with Gasteiger partial charge in [-0.2, -0.15) is 0 Å². The van der Waals surface area contributed by atoms with Gasteiger partial charge in [-0.05, 0) is 43.5 Å². The lowest BCUT2D eigenvalue weighted by Gasteiger charge is -2.24. The summed E-state index contributed by atoms with van der Waals surface area (Å²) in [4.78, 5) is 28.8. The van der Waals surface area contributed by atoms with E-state index in [1.54, 1.807) is 7.11 Å². The van der Waals surface area contributed by atoms with Crippen LogP contribution in [0.5, 0.6) is 5.75 Å². The number of carbonyl (C=O) groups is 2. The number of hydrogen-bond donors (Lipinski definition) is 0. The van der Waals surface area contributed by atoms with E-state index in [1.807, 2.05) is 49.6 Å². The molecule has 0 bridgehead atoms. The average Bonchev–Trinajstić information content (AvgIpc) is 2.82. The summed E-state index contributed by atoms with van der Waals surface area (Å²) in [5.74, 6) is 1.00. The largest absolute Gasteiger partial charge is 0.496 e. The fourth-order valence-corrected chi connectivity index (χ4v) is 3.13. The molecule has 2 amide bonds. The smallest absolute Gasteiger partial charge is 0.254 e. The quantitative estimate of drug-likeness (QED) is 0.855. The molecule has 1 aliphatic heterocycles. The number of nitrogens with zero attached hydrogens (tertiary/aromatic N) is 2. The zero-order chi connectivity index (χ0) is 17.9. The first-order valence-corrected chi connectivity index (χ1v) is 8.59. The van der Waals surface area contributed by atoms with E-state index < -0.39 is 0 Å². The lowest BCUT2D eigenvalue weighted by atomic mass is 10.0. The van der Waals surface area contributed by atoms with Crippen LogP contribution in [0.25, 0.3) is 0 Å². The van der Waals surface area contributed by atoms with Crippen molar-refractivity contribution in [1.82, 2.24) is 9.80 Å². The van der Waals surface area contributed by atoms with Gasteiger partial charge in [-0.25, -0.2) is 0 Å². The van der Waals surface area contributed by atoms with Gasteiger partial charge in [0.15, 0.2) is 0 Å². The van der Waals surface area contributed by atoms with Gasteiger partial charge in [0, 0.05) is 37.7 Å². The summed E-state index contributed by atoms with van der Waals surface area (Å²) in [5.41, 5.74) is 2.67. The van der Waals surface area contributed by atoms with Gasteiger partial charge < -0.3 is 14.5 Å². The van der Waals surface area contributed by atoms with Crippen molar-refractivity contribution in [3.8, 4) is 5.75 Å². The van der Waals surface area contributed by atoms with E-state index in [4.69, 9.17) is 4.74 Å². The van der Waals surface area contributed by atoms with Crippen molar-refractivity contribution in [2.24, 2.45) is 5.92 Å². The molecular formula is C19H28N2O3. The summed E-state index contributed by atoms with van der Waals surface area (Å²) in [6.45, 7) is 10.4. The van der Waals surface area contributed by atoms with Crippen molar-refractivity contribution < 1.29 is 14.3 Å². The molecule has 5 nitrogen and oxygen atoms in total. The third-order valence-corrected chi connectivity index (χ3v) is 4.78. The minimum absolute atomic E-state index is 0.00117. The predicted octanol–water partition coefficient (Wildman–Crippen LogP) is 2.64. The second kappa shape index (κ2) is 7.69. The van der Waals surface area contributed by atoms with Crippen molar-refractivity contribution in [3.63, 3.8) is 0 Å². The van der Waals surface area contributed by atoms with Gasteiger partial charge in [-0.3, -0.25) is 9.59 Å². The zero-order valence-corrected chi connectivity index (χ0v) is 15.4. The number of ether oxygens (including phenoxy) is 1. The summed E-state index contributed by atoms with van der Waals surface area (Å²) >= 11 is 0. The van der Waals surface area contributed by atoms with Crippen molar-refractivity contribution >= 4 is 11.8 Å². The number of benzene rings is 1. The Kier molecular flexibility index (Phi) is 5.86. The normalized spacial score (nSPS) is 15.4. The first kappa shape index (κ1) is 18.3. The number of amides is 2. The number of carbonyl (C=O) groups excluding carboxylic acids is 2. The van der Waals surface area contributed by atoms with Gasteiger partial charge in [0.2, 0.25) is 5.91 Å². The Morgan fingerprint density at radius 1 is 1.00 bits per heavy atom. The molecule has 1 saturated heterocycles. The highest BCUT2D eigenvalue weighted by molar-refractivity contribution is 5.96. The SMILES string of the molecule is COc1ccc(C(=O)N2CCCN(C(=O)C(C)C)CC2)c(C)c1C. The Labute approximate surface area is 144 Å². The van der Waals surface area contributed by atoms with Crippen LogP contribution in [0.4, 0.5) is 0 Å². The molecule has 132 valence electrons. The maximum atomic E-state index is 12.9. The fourth-order valence-electron chi connectivity index (χ4n) is 3.13. The van der Waals surface area contributed by atoms with Crippen LogP contribution in [0.15, 0.2) is 12.1 Å². The average molecular weight is 332 g/mol. The maximum absolute atomic E-state index is 12.9. The lowest BCUT2D eigenvalue weighted by Crippen LogP contribution is -2.39. The molecule has 1 aromatic rings. The Bertz CT molecular complexity index is 625. The van der Waals surface area contributed by atoms with Gasteiger partial charge in [0.05, 0.1) is 7.11 Å². The molecule has 0 atom stereocenters. The molecule has 1 aromatic carbocycles.